The van der Waals surface area contributed by atoms with Gasteiger partial charge in [-0.05, 0) is 40.5 Å². The van der Waals surface area contributed by atoms with Gasteiger partial charge in [0.25, 0.3) is 0 Å². The van der Waals surface area contributed by atoms with Crippen LogP contribution in [0.3, 0.4) is 0 Å². The van der Waals surface area contributed by atoms with Gasteiger partial charge in [0.2, 0.25) is 17.7 Å². The first-order valence-corrected chi connectivity index (χ1v) is 9.91. The zero-order valence-electron chi connectivity index (χ0n) is 15.5. The lowest BCUT2D eigenvalue weighted by molar-refractivity contribution is -0.130. The zero-order valence-corrected chi connectivity index (χ0v) is 17.1. The highest BCUT2D eigenvalue weighted by molar-refractivity contribution is 9.10. The molecule has 28 heavy (non-hydrogen) atoms. The zero-order chi connectivity index (χ0) is 20.1. The Balaban J connectivity index is 1.52. The quantitative estimate of drug-likeness (QED) is 0.719. The number of hydrogen-bond donors (Lipinski definition) is 2. The monoisotopic (exact) mass is 443 g/mol. The van der Waals surface area contributed by atoms with Gasteiger partial charge in [0.15, 0.2) is 0 Å². The molecule has 1 fully saturated rings. The first kappa shape index (κ1) is 20.1. The van der Waals surface area contributed by atoms with E-state index in [0.29, 0.717) is 12.2 Å². The Morgan fingerprint density at radius 1 is 1.14 bits per heavy atom. The van der Waals surface area contributed by atoms with E-state index in [-0.39, 0.29) is 36.7 Å². The number of likely N-dealkylation sites (tertiary alicyclic amines) is 1. The van der Waals surface area contributed by atoms with E-state index in [1.807, 2.05) is 55.5 Å². The van der Waals surface area contributed by atoms with Crippen LogP contribution in [0, 0.1) is 5.92 Å². The minimum absolute atomic E-state index is 0.0471. The number of para-hydroxylation sites is 1. The number of rotatable bonds is 6. The largest absolute Gasteiger partial charge is 0.347 e. The summed E-state index contributed by atoms with van der Waals surface area (Å²) in [7, 11) is 0. The number of nitrogens with zero attached hydrogens (tertiary/aromatic N) is 1. The minimum atomic E-state index is -0.449. The summed E-state index contributed by atoms with van der Waals surface area (Å²) in [6.07, 6.45) is 0.162. The second-order valence-electron chi connectivity index (χ2n) is 6.78. The van der Waals surface area contributed by atoms with Crippen molar-refractivity contribution in [3.63, 3.8) is 0 Å². The van der Waals surface area contributed by atoms with Crippen molar-refractivity contribution in [2.45, 2.75) is 19.4 Å². The Hall–Kier alpha value is -2.67. The van der Waals surface area contributed by atoms with E-state index in [0.717, 1.165) is 10.0 Å². The fourth-order valence-electron chi connectivity index (χ4n) is 3.26. The predicted molar refractivity (Wildman–Crippen MR) is 110 cm³/mol. The molecule has 0 saturated carbocycles. The van der Waals surface area contributed by atoms with Crippen LogP contribution in [-0.2, 0) is 14.4 Å². The number of benzene rings is 2. The molecule has 6 nitrogen and oxygen atoms in total. The number of anilines is 1. The first-order chi connectivity index (χ1) is 13.5. The summed E-state index contributed by atoms with van der Waals surface area (Å²) >= 11 is 3.36. The molecule has 0 spiro atoms. The van der Waals surface area contributed by atoms with Crippen LogP contribution < -0.4 is 10.6 Å². The van der Waals surface area contributed by atoms with Crippen LogP contribution in [0.5, 0.6) is 0 Å². The molecule has 146 valence electrons. The summed E-state index contributed by atoms with van der Waals surface area (Å²) in [5.74, 6) is -1.10. The maximum Gasteiger partial charge on any atom is 0.243 e. The fourth-order valence-corrected chi connectivity index (χ4v) is 3.65. The molecular formula is C21H22BrN3O3. The van der Waals surface area contributed by atoms with E-state index in [4.69, 9.17) is 0 Å². The number of hydrogen-bond acceptors (Lipinski definition) is 3. The van der Waals surface area contributed by atoms with Gasteiger partial charge in [-0.3, -0.25) is 14.4 Å². The van der Waals surface area contributed by atoms with Crippen molar-refractivity contribution in [1.82, 2.24) is 10.2 Å². The molecule has 3 amide bonds. The van der Waals surface area contributed by atoms with Crippen LogP contribution in [0.25, 0.3) is 0 Å². The van der Waals surface area contributed by atoms with Crippen molar-refractivity contribution in [2.75, 3.05) is 18.4 Å². The summed E-state index contributed by atoms with van der Waals surface area (Å²) in [6, 6.07) is 16.9. The maximum absolute atomic E-state index is 12.4. The summed E-state index contributed by atoms with van der Waals surface area (Å²) < 4.78 is 0.765. The average molecular weight is 444 g/mol. The summed E-state index contributed by atoms with van der Waals surface area (Å²) in [4.78, 5) is 38.6. The van der Waals surface area contributed by atoms with Crippen molar-refractivity contribution < 1.29 is 14.4 Å². The molecule has 0 aromatic heterocycles. The molecule has 1 heterocycles. The number of carbonyl (C=O) groups is 3. The van der Waals surface area contributed by atoms with Gasteiger partial charge >= 0.3 is 0 Å². The molecule has 2 atom stereocenters. The molecule has 0 radical (unpaired) electrons. The van der Waals surface area contributed by atoms with Crippen molar-refractivity contribution in [3.05, 3.63) is 64.6 Å². The van der Waals surface area contributed by atoms with Gasteiger partial charge in [-0.1, -0.05) is 42.5 Å². The van der Waals surface area contributed by atoms with E-state index in [9.17, 15) is 14.4 Å². The van der Waals surface area contributed by atoms with Gasteiger partial charge in [-0.2, -0.15) is 0 Å². The molecule has 1 saturated heterocycles. The van der Waals surface area contributed by atoms with Gasteiger partial charge in [0.1, 0.15) is 0 Å². The van der Waals surface area contributed by atoms with Crippen LogP contribution in [0.15, 0.2) is 59.1 Å². The highest BCUT2D eigenvalue weighted by Crippen LogP contribution is 2.28. The lowest BCUT2D eigenvalue weighted by Crippen LogP contribution is -2.38. The molecule has 0 aliphatic carbocycles. The SMILES string of the molecule is C[C@H](c1ccccc1)N1C[C@H](C(=O)NCC(=O)Nc2ccccc2Br)CC1=O. The average Bonchev–Trinajstić information content (AvgIpc) is 3.10. The Kier molecular flexibility index (Phi) is 6.46. The highest BCUT2D eigenvalue weighted by atomic mass is 79.9. The summed E-state index contributed by atoms with van der Waals surface area (Å²) in [5.41, 5.74) is 1.67. The Morgan fingerprint density at radius 2 is 1.82 bits per heavy atom. The normalized spacial score (nSPS) is 17.3. The smallest absolute Gasteiger partial charge is 0.243 e. The van der Waals surface area contributed by atoms with E-state index in [1.165, 1.54) is 0 Å². The third-order valence-corrected chi connectivity index (χ3v) is 5.54. The molecule has 2 N–H and O–H groups in total. The Morgan fingerprint density at radius 3 is 2.54 bits per heavy atom. The maximum atomic E-state index is 12.4. The van der Waals surface area contributed by atoms with Crippen LogP contribution in [-0.4, -0.2) is 35.7 Å². The topological polar surface area (TPSA) is 78.5 Å². The third-order valence-electron chi connectivity index (χ3n) is 4.85. The van der Waals surface area contributed by atoms with Crippen LogP contribution in [0.1, 0.15) is 24.9 Å². The molecule has 7 heteroatoms. The van der Waals surface area contributed by atoms with Gasteiger partial charge < -0.3 is 15.5 Å². The summed E-state index contributed by atoms with van der Waals surface area (Å²) in [5, 5.41) is 5.37. The van der Waals surface area contributed by atoms with Crippen molar-refractivity contribution in [2.24, 2.45) is 5.92 Å². The van der Waals surface area contributed by atoms with Gasteiger partial charge in [0, 0.05) is 17.4 Å². The van der Waals surface area contributed by atoms with Crippen molar-refractivity contribution in [1.29, 1.82) is 0 Å². The third kappa shape index (κ3) is 4.78. The number of carbonyl (C=O) groups excluding carboxylic acids is 3. The number of amides is 3. The molecular weight excluding hydrogens is 422 g/mol. The lowest BCUT2D eigenvalue weighted by atomic mass is 10.1. The number of halogens is 1. The Bertz CT molecular complexity index is 872. The van der Waals surface area contributed by atoms with E-state index in [1.54, 1.807) is 11.0 Å². The van der Waals surface area contributed by atoms with Gasteiger partial charge in [-0.15, -0.1) is 0 Å². The second-order valence-corrected chi connectivity index (χ2v) is 7.63. The first-order valence-electron chi connectivity index (χ1n) is 9.12. The van der Waals surface area contributed by atoms with Crippen molar-refractivity contribution in [3.8, 4) is 0 Å². The van der Waals surface area contributed by atoms with E-state index < -0.39 is 5.92 Å². The lowest BCUT2D eigenvalue weighted by Gasteiger charge is -2.25. The summed E-state index contributed by atoms with van der Waals surface area (Å²) in [6.45, 7) is 2.17. The van der Waals surface area contributed by atoms with Crippen molar-refractivity contribution >= 4 is 39.3 Å². The minimum Gasteiger partial charge on any atom is -0.347 e. The number of nitrogens with one attached hydrogen (secondary N) is 2. The molecule has 3 rings (SSSR count). The molecule has 0 bridgehead atoms. The Labute approximate surface area is 172 Å². The fraction of sp³-hybridized carbons (Fsp3) is 0.286. The van der Waals surface area contributed by atoms with Gasteiger partial charge in [0.05, 0.1) is 24.2 Å². The second kappa shape index (κ2) is 9.01. The van der Waals surface area contributed by atoms with Gasteiger partial charge in [-0.25, -0.2) is 0 Å². The predicted octanol–water partition coefficient (Wildman–Crippen LogP) is 3.11. The molecule has 0 unspecified atom stereocenters. The molecule has 2 aromatic carbocycles. The van der Waals surface area contributed by atoms with E-state index >= 15 is 0 Å². The molecule has 1 aliphatic heterocycles. The highest BCUT2D eigenvalue weighted by Gasteiger charge is 2.37. The van der Waals surface area contributed by atoms with E-state index in [2.05, 4.69) is 26.6 Å². The molecule has 2 aromatic rings. The van der Waals surface area contributed by atoms with Crippen LogP contribution in [0.2, 0.25) is 0 Å². The standard InChI is InChI=1S/C21H22BrN3O3/c1-14(15-7-3-2-4-8-15)25-13-16(11-20(25)27)21(28)23-12-19(26)24-18-10-6-5-9-17(18)22/h2-10,14,16H,11-13H2,1H3,(H,23,28)(H,24,26)/t14-,16-/m1/s1. The molecule has 1 aliphatic rings. The van der Waals surface area contributed by atoms with Crippen LogP contribution >= 0.6 is 15.9 Å². The van der Waals surface area contributed by atoms with Crippen LogP contribution in [0.4, 0.5) is 5.69 Å².